The lowest BCUT2D eigenvalue weighted by molar-refractivity contribution is 0.0968. The Morgan fingerprint density at radius 1 is 1.15 bits per heavy atom. The number of Topliss-reactive ketones (excluding diaryl/α,β-unsaturated/α-hetero) is 1. The zero-order chi connectivity index (χ0) is 14.3. The zero-order valence-electron chi connectivity index (χ0n) is 12.1. The van der Waals surface area contributed by atoms with Crippen LogP contribution in [-0.2, 0) is 11.8 Å². The highest BCUT2D eigenvalue weighted by Gasteiger charge is 2.31. The van der Waals surface area contributed by atoms with Gasteiger partial charge in [-0.2, -0.15) is 0 Å². The fourth-order valence-corrected chi connectivity index (χ4v) is 3.71. The highest BCUT2D eigenvalue weighted by Crippen LogP contribution is 2.38. The summed E-state index contributed by atoms with van der Waals surface area (Å²) in [5, 5.41) is 1.07. The normalized spacial score (nSPS) is 18.9. The Balaban J connectivity index is 1.95. The van der Waals surface area contributed by atoms with Crippen LogP contribution in [0.2, 0.25) is 0 Å². The van der Waals surface area contributed by atoms with Gasteiger partial charge >= 0.3 is 0 Å². The number of ketones is 1. The van der Waals surface area contributed by atoms with E-state index in [-0.39, 0.29) is 17.1 Å². The Hall–Kier alpha value is -1.48. The molecule has 0 N–H and O–H groups in total. The maximum absolute atomic E-state index is 12.4. The number of nitrogens with zero attached hydrogens (tertiary/aromatic N) is 1. The molecule has 3 rings (SSSR count). The van der Waals surface area contributed by atoms with Crippen LogP contribution in [0, 0.1) is 0 Å². The van der Waals surface area contributed by atoms with Crippen molar-refractivity contribution < 1.29 is 4.79 Å². The second-order valence-electron chi connectivity index (χ2n) is 6.48. The van der Waals surface area contributed by atoms with Crippen molar-refractivity contribution in [3.63, 3.8) is 0 Å². The molecule has 0 radical (unpaired) electrons. The summed E-state index contributed by atoms with van der Waals surface area (Å²) >= 11 is 1.59. The number of hydrogen-bond acceptors (Lipinski definition) is 3. The van der Waals surface area contributed by atoms with Gasteiger partial charge < -0.3 is 0 Å². The highest BCUT2D eigenvalue weighted by atomic mass is 32.1. The van der Waals surface area contributed by atoms with E-state index in [1.807, 2.05) is 18.2 Å². The van der Waals surface area contributed by atoms with E-state index < -0.39 is 0 Å². The molecule has 2 nitrogen and oxygen atoms in total. The van der Waals surface area contributed by atoms with Gasteiger partial charge in [0.25, 0.3) is 0 Å². The van der Waals surface area contributed by atoms with E-state index in [0.29, 0.717) is 6.42 Å². The first-order valence-corrected chi connectivity index (χ1v) is 7.85. The fraction of sp³-hybridized carbons (Fsp3) is 0.412. The van der Waals surface area contributed by atoms with Crippen molar-refractivity contribution in [3.8, 4) is 0 Å². The molecule has 0 aliphatic heterocycles. The molecule has 104 valence electrons. The molecule has 0 saturated heterocycles. The largest absolute Gasteiger partial charge is 0.293 e. The first-order valence-electron chi connectivity index (χ1n) is 7.03. The first-order chi connectivity index (χ1) is 9.45. The van der Waals surface area contributed by atoms with Gasteiger partial charge in [-0.05, 0) is 17.9 Å². The van der Waals surface area contributed by atoms with E-state index >= 15 is 0 Å². The molecule has 1 aliphatic rings. The molecule has 0 fully saturated rings. The Kier molecular flexibility index (Phi) is 3.25. The topological polar surface area (TPSA) is 30.0 Å². The molecular formula is C17H19NOS. The first kappa shape index (κ1) is 13.5. The molecule has 0 spiro atoms. The minimum absolute atomic E-state index is 0.0184. The maximum atomic E-state index is 12.4. The summed E-state index contributed by atoms with van der Waals surface area (Å²) in [5.74, 6) is 0.541. The Bertz CT molecular complexity index is 637. The van der Waals surface area contributed by atoms with Gasteiger partial charge in [0.2, 0.25) is 0 Å². The lowest BCUT2D eigenvalue weighted by atomic mass is 9.84. The van der Waals surface area contributed by atoms with Crippen molar-refractivity contribution in [1.82, 2.24) is 4.98 Å². The Morgan fingerprint density at radius 2 is 1.85 bits per heavy atom. The predicted molar refractivity (Wildman–Crippen MR) is 82.6 cm³/mol. The van der Waals surface area contributed by atoms with E-state index in [0.717, 1.165) is 22.0 Å². The van der Waals surface area contributed by atoms with Crippen molar-refractivity contribution in [2.24, 2.45) is 0 Å². The Morgan fingerprint density at radius 3 is 2.50 bits per heavy atom. The number of carbonyl (C=O) groups excluding carboxylic acids is 1. The van der Waals surface area contributed by atoms with Crippen molar-refractivity contribution in [3.05, 3.63) is 51.5 Å². The predicted octanol–water partition coefficient (Wildman–Crippen LogP) is 4.35. The molecule has 1 aliphatic carbocycles. The molecule has 3 heteroatoms. The van der Waals surface area contributed by atoms with Crippen LogP contribution in [0.1, 0.15) is 59.0 Å². The zero-order valence-corrected chi connectivity index (χ0v) is 13.0. The monoisotopic (exact) mass is 285 g/mol. The molecule has 1 unspecified atom stereocenters. The number of benzene rings is 1. The number of carbonyl (C=O) groups is 1. The minimum atomic E-state index is 0.0184. The van der Waals surface area contributed by atoms with Crippen LogP contribution in [0.25, 0.3) is 0 Å². The molecule has 2 aromatic rings. The van der Waals surface area contributed by atoms with Gasteiger partial charge in [-0.3, -0.25) is 4.79 Å². The van der Waals surface area contributed by atoms with Gasteiger partial charge in [-0.1, -0.05) is 51.1 Å². The second-order valence-corrected chi connectivity index (χ2v) is 7.48. The van der Waals surface area contributed by atoms with E-state index in [1.165, 1.54) is 5.56 Å². The molecule has 1 heterocycles. The molecular weight excluding hydrogens is 266 g/mol. The standard InChI is InChI=1S/C17H19NOS/c1-17(2,3)16-18-13-9-12(10-14(19)15(13)20-16)11-7-5-4-6-8-11/h4-8,12H,9-10H2,1-3H3. The van der Waals surface area contributed by atoms with Crippen molar-refractivity contribution in [1.29, 1.82) is 0 Å². The van der Waals surface area contributed by atoms with Crippen LogP contribution in [0.3, 0.4) is 0 Å². The summed E-state index contributed by atoms with van der Waals surface area (Å²) in [4.78, 5) is 18.0. The third-order valence-electron chi connectivity index (χ3n) is 3.73. The van der Waals surface area contributed by atoms with Crippen LogP contribution in [0.15, 0.2) is 30.3 Å². The van der Waals surface area contributed by atoms with Crippen LogP contribution in [0.5, 0.6) is 0 Å². The Labute approximate surface area is 123 Å². The van der Waals surface area contributed by atoms with Gasteiger partial charge in [-0.25, -0.2) is 4.98 Å². The van der Waals surface area contributed by atoms with Crippen molar-refractivity contribution in [2.45, 2.75) is 44.9 Å². The molecule has 0 amide bonds. The quantitative estimate of drug-likeness (QED) is 0.779. The van der Waals surface area contributed by atoms with Crippen LogP contribution in [-0.4, -0.2) is 10.8 Å². The van der Waals surface area contributed by atoms with Crippen molar-refractivity contribution >= 4 is 17.1 Å². The summed E-state index contributed by atoms with van der Waals surface area (Å²) in [7, 11) is 0. The van der Waals surface area contributed by atoms with Gasteiger partial charge in [0.15, 0.2) is 5.78 Å². The number of thiazole rings is 1. The van der Waals surface area contributed by atoms with E-state index in [4.69, 9.17) is 4.98 Å². The van der Waals surface area contributed by atoms with Gasteiger partial charge in [0.05, 0.1) is 15.6 Å². The fourth-order valence-electron chi connectivity index (χ4n) is 2.61. The SMILES string of the molecule is CC(C)(C)c1nc2c(s1)C(=O)CC(c1ccccc1)C2. The molecule has 0 bridgehead atoms. The van der Waals surface area contributed by atoms with Crippen molar-refractivity contribution in [2.75, 3.05) is 0 Å². The summed E-state index contributed by atoms with van der Waals surface area (Å²) in [5.41, 5.74) is 2.27. The third kappa shape index (κ3) is 2.42. The highest BCUT2D eigenvalue weighted by molar-refractivity contribution is 7.14. The molecule has 1 aromatic carbocycles. The van der Waals surface area contributed by atoms with Crippen LogP contribution < -0.4 is 0 Å². The van der Waals surface area contributed by atoms with E-state index in [9.17, 15) is 4.79 Å². The van der Waals surface area contributed by atoms with Gasteiger partial charge in [-0.15, -0.1) is 11.3 Å². The number of rotatable bonds is 1. The average molecular weight is 285 g/mol. The lowest BCUT2D eigenvalue weighted by Gasteiger charge is -2.20. The maximum Gasteiger partial charge on any atom is 0.175 e. The van der Waals surface area contributed by atoms with E-state index in [2.05, 4.69) is 32.9 Å². The second kappa shape index (κ2) is 4.81. The summed E-state index contributed by atoms with van der Waals surface area (Å²) in [6, 6.07) is 10.3. The van der Waals surface area contributed by atoms with E-state index in [1.54, 1.807) is 11.3 Å². The number of fused-ring (bicyclic) bond motifs is 1. The molecule has 1 aromatic heterocycles. The number of hydrogen-bond donors (Lipinski definition) is 0. The molecule has 20 heavy (non-hydrogen) atoms. The van der Waals surface area contributed by atoms with Gasteiger partial charge in [0, 0.05) is 11.8 Å². The summed E-state index contributed by atoms with van der Waals surface area (Å²) in [6.45, 7) is 6.45. The van der Waals surface area contributed by atoms with Crippen LogP contribution in [0.4, 0.5) is 0 Å². The van der Waals surface area contributed by atoms with Gasteiger partial charge in [0.1, 0.15) is 0 Å². The third-order valence-corrected chi connectivity index (χ3v) is 5.30. The average Bonchev–Trinajstić information content (AvgIpc) is 2.84. The minimum Gasteiger partial charge on any atom is -0.293 e. The summed E-state index contributed by atoms with van der Waals surface area (Å²) < 4.78 is 0. The molecule has 0 saturated carbocycles. The van der Waals surface area contributed by atoms with Crippen LogP contribution >= 0.6 is 11.3 Å². The summed E-state index contributed by atoms with van der Waals surface area (Å²) in [6.07, 6.45) is 1.50. The smallest absolute Gasteiger partial charge is 0.175 e. The lowest BCUT2D eigenvalue weighted by Crippen LogP contribution is -2.17. The molecule has 1 atom stereocenters. The number of aromatic nitrogens is 1.